The number of hydrogen-bond donors (Lipinski definition) is 1. The highest BCUT2D eigenvalue weighted by Crippen LogP contribution is 2.45. The van der Waals surface area contributed by atoms with Crippen molar-refractivity contribution in [3.05, 3.63) is 88.8 Å². The molecule has 0 radical (unpaired) electrons. The van der Waals surface area contributed by atoms with E-state index in [0.29, 0.717) is 22.2 Å². The molecule has 2 aliphatic rings. The second-order valence-electron chi connectivity index (χ2n) is 7.40. The lowest BCUT2D eigenvalue weighted by Gasteiger charge is -2.28. The van der Waals surface area contributed by atoms with E-state index in [0.717, 1.165) is 11.3 Å². The molecule has 8 heteroatoms. The maximum atomic E-state index is 14.2. The van der Waals surface area contributed by atoms with Gasteiger partial charge in [-0.25, -0.2) is 9.37 Å². The molecule has 3 aromatic rings. The second kappa shape index (κ2) is 7.67. The van der Waals surface area contributed by atoms with Crippen LogP contribution >= 0.6 is 11.6 Å². The number of ether oxygens (including phenoxy) is 1. The fourth-order valence-corrected chi connectivity index (χ4v) is 4.41. The first kappa shape index (κ1) is 19.5. The third kappa shape index (κ3) is 3.31. The fraction of sp³-hybridized carbons (Fsp3) is 0.174. The van der Waals surface area contributed by atoms with Crippen LogP contribution in [0.1, 0.15) is 17.2 Å². The third-order valence-corrected chi connectivity index (χ3v) is 5.91. The van der Waals surface area contributed by atoms with Crippen LogP contribution in [0.25, 0.3) is 0 Å². The molecular formula is C23H18ClFN4O2. The van der Waals surface area contributed by atoms with E-state index in [4.69, 9.17) is 16.3 Å². The molecule has 2 aliphatic heterocycles. The Labute approximate surface area is 183 Å². The smallest absolute Gasteiger partial charge is 0.252 e. The number of methoxy groups -OCH3 is 1. The molecular weight excluding hydrogens is 419 g/mol. The molecule has 31 heavy (non-hydrogen) atoms. The van der Waals surface area contributed by atoms with Crippen molar-refractivity contribution in [2.75, 3.05) is 12.0 Å². The zero-order valence-electron chi connectivity index (χ0n) is 16.5. The van der Waals surface area contributed by atoms with E-state index in [-0.39, 0.29) is 17.6 Å². The normalized spacial score (nSPS) is 22.2. The molecule has 1 aromatic heterocycles. The van der Waals surface area contributed by atoms with Crippen molar-refractivity contribution in [2.45, 2.75) is 12.1 Å². The first-order valence-electron chi connectivity index (χ1n) is 9.74. The number of halogens is 2. The van der Waals surface area contributed by atoms with Gasteiger partial charge in [0.05, 0.1) is 36.7 Å². The zero-order chi connectivity index (χ0) is 21.5. The first-order valence-corrected chi connectivity index (χ1v) is 10.1. The minimum atomic E-state index is -0.568. The Morgan fingerprint density at radius 2 is 1.94 bits per heavy atom. The highest BCUT2D eigenvalue weighted by Gasteiger charge is 2.54. The summed E-state index contributed by atoms with van der Waals surface area (Å²) in [5, 5.41) is 5.08. The molecule has 0 spiro atoms. The van der Waals surface area contributed by atoms with Crippen LogP contribution < -0.4 is 15.1 Å². The van der Waals surface area contributed by atoms with Crippen molar-refractivity contribution in [1.29, 1.82) is 0 Å². The third-order valence-electron chi connectivity index (χ3n) is 5.66. The minimum absolute atomic E-state index is 0.154. The number of amides is 1. The largest absolute Gasteiger partial charge is 0.481 e. The second-order valence-corrected chi connectivity index (χ2v) is 7.84. The van der Waals surface area contributed by atoms with Crippen LogP contribution in [-0.4, -0.2) is 29.8 Å². The molecule has 5 rings (SSSR count). The van der Waals surface area contributed by atoms with Crippen molar-refractivity contribution in [2.24, 2.45) is 11.0 Å². The lowest BCUT2D eigenvalue weighted by molar-refractivity contribution is -0.119. The summed E-state index contributed by atoms with van der Waals surface area (Å²) >= 11 is 6.05. The lowest BCUT2D eigenvalue weighted by atomic mass is 9.85. The Balaban J connectivity index is 1.63. The number of carbonyl (C=O) groups is 1. The molecule has 6 nitrogen and oxygen atoms in total. The van der Waals surface area contributed by atoms with Crippen LogP contribution in [0.4, 0.5) is 10.1 Å². The van der Waals surface area contributed by atoms with Gasteiger partial charge in [-0.15, -0.1) is 0 Å². The van der Waals surface area contributed by atoms with Gasteiger partial charge in [0.1, 0.15) is 11.9 Å². The van der Waals surface area contributed by atoms with Gasteiger partial charge in [-0.1, -0.05) is 35.9 Å². The SMILES string of the molecule is COc1ccc(N2C(=O)C3NN=C(c4ccc(Cl)cc4)C3C2c2cccc(F)c2)cn1. The van der Waals surface area contributed by atoms with Gasteiger partial charge in [-0.05, 0) is 41.5 Å². The predicted molar refractivity (Wildman–Crippen MR) is 116 cm³/mol. The summed E-state index contributed by atoms with van der Waals surface area (Å²) < 4.78 is 19.3. The van der Waals surface area contributed by atoms with Crippen molar-refractivity contribution < 1.29 is 13.9 Å². The maximum Gasteiger partial charge on any atom is 0.252 e. The van der Waals surface area contributed by atoms with E-state index >= 15 is 0 Å². The molecule has 0 bridgehead atoms. The predicted octanol–water partition coefficient (Wildman–Crippen LogP) is 3.96. The van der Waals surface area contributed by atoms with Crippen molar-refractivity contribution >= 4 is 28.9 Å². The highest BCUT2D eigenvalue weighted by molar-refractivity contribution is 6.30. The number of nitrogens with zero attached hydrogens (tertiary/aromatic N) is 3. The standard InChI is InChI=1S/C23H18ClFN4O2/c1-31-18-10-9-17(12-26-18)29-22(14-3-2-4-16(25)11-14)19-20(27-28-21(19)23(29)30)13-5-7-15(24)8-6-13/h2-12,19,21-22,28H,1H3. The molecule has 0 aliphatic carbocycles. The monoisotopic (exact) mass is 436 g/mol. The van der Waals surface area contributed by atoms with Crippen LogP contribution in [0.2, 0.25) is 5.02 Å². The van der Waals surface area contributed by atoms with Gasteiger partial charge in [-0.2, -0.15) is 5.10 Å². The summed E-state index contributed by atoms with van der Waals surface area (Å²) in [5.41, 5.74) is 5.86. The van der Waals surface area contributed by atoms with Crippen LogP contribution in [-0.2, 0) is 4.79 Å². The van der Waals surface area contributed by atoms with Gasteiger partial charge < -0.3 is 9.64 Å². The molecule has 2 aromatic carbocycles. The quantitative estimate of drug-likeness (QED) is 0.672. The Hall–Kier alpha value is -3.45. The van der Waals surface area contributed by atoms with Gasteiger partial charge in [-0.3, -0.25) is 10.2 Å². The number of hydrazone groups is 1. The average molecular weight is 437 g/mol. The van der Waals surface area contributed by atoms with E-state index < -0.39 is 12.1 Å². The van der Waals surface area contributed by atoms with Gasteiger partial charge in [0.15, 0.2) is 0 Å². The van der Waals surface area contributed by atoms with Crippen LogP contribution in [0.3, 0.4) is 0 Å². The molecule has 3 unspecified atom stereocenters. The summed E-state index contributed by atoms with van der Waals surface area (Å²) in [6.07, 6.45) is 1.59. The van der Waals surface area contributed by atoms with Crippen LogP contribution in [0.15, 0.2) is 72.0 Å². The Morgan fingerprint density at radius 3 is 2.61 bits per heavy atom. The van der Waals surface area contributed by atoms with Gasteiger partial charge in [0.2, 0.25) is 5.88 Å². The number of rotatable bonds is 4. The number of hydrogen-bond acceptors (Lipinski definition) is 5. The number of aromatic nitrogens is 1. The molecule has 3 heterocycles. The Bertz CT molecular complexity index is 1170. The number of benzene rings is 2. The van der Waals surface area contributed by atoms with Gasteiger partial charge in [0, 0.05) is 11.1 Å². The van der Waals surface area contributed by atoms with Crippen LogP contribution in [0, 0.1) is 11.7 Å². The van der Waals surface area contributed by atoms with Crippen molar-refractivity contribution in [3.63, 3.8) is 0 Å². The minimum Gasteiger partial charge on any atom is -0.481 e. The first-order chi connectivity index (χ1) is 15.1. The molecule has 1 fully saturated rings. The van der Waals surface area contributed by atoms with Gasteiger partial charge in [0.25, 0.3) is 5.91 Å². The summed E-state index contributed by atoms with van der Waals surface area (Å²) in [7, 11) is 1.53. The molecule has 0 saturated carbocycles. The van der Waals surface area contributed by atoms with Crippen LogP contribution in [0.5, 0.6) is 5.88 Å². The van der Waals surface area contributed by atoms with E-state index in [9.17, 15) is 9.18 Å². The Morgan fingerprint density at radius 1 is 1.13 bits per heavy atom. The number of anilines is 1. The summed E-state index contributed by atoms with van der Waals surface area (Å²) in [4.78, 5) is 19.4. The number of pyridine rings is 1. The molecule has 1 saturated heterocycles. The Kier molecular flexibility index (Phi) is 4.82. The summed E-state index contributed by atoms with van der Waals surface area (Å²) in [6.45, 7) is 0. The molecule has 1 amide bonds. The van der Waals surface area contributed by atoms with Crippen molar-refractivity contribution in [1.82, 2.24) is 10.4 Å². The average Bonchev–Trinajstić information content (AvgIpc) is 3.33. The molecule has 156 valence electrons. The summed E-state index contributed by atoms with van der Waals surface area (Å²) in [6, 6.07) is 16.1. The van der Waals surface area contributed by atoms with E-state index in [1.165, 1.54) is 19.2 Å². The number of nitrogens with one attached hydrogen (secondary N) is 1. The highest BCUT2D eigenvalue weighted by atomic mass is 35.5. The maximum absolute atomic E-state index is 14.2. The molecule has 1 N–H and O–H groups in total. The van der Waals surface area contributed by atoms with E-state index in [1.54, 1.807) is 41.4 Å². The van der Waals surface area contributed by atoms with E-state index in [1.807, 2.05) is 18.2 Å². The van der Waals surface area contributed by atoms with Gasteiger partial charge >= 0.3 is 0 Å². The topological polar surface area (TPSA) is 66.8 Å². The number of fused-ring (bicyclic) bond motifs is 1. The zero-order valence-corrected chi connectivity index (χ0v) is 17.3. The summed E-state index contributed by atoms with van der Waals surface area (Å²) in [5.74, 6) is -0.395. The van der Waals surface area contributed by atoms with E-state index in [2.05, 4.69) is 15.5 Å². The molecule has 3 atom stereocenters. The van der Waals surface area contributed by atoms with Crippen molar-refractivity contribution in [3.8, 4) is 5.88 Å². The number of carbonyl (C=O) groups excluding carboxylic acids is 1. The fourth-order valence-electron chi connectivity index (χ4n) is 4.29. The lowest BCUT2D eigenvalue weighted by Crippen LogP contribution is -2.36.